The predicted molar refractivity (Wildman–Crippen MR) is 81.8 cm³/mol. The highest BCUT2D eigenvalue weighted by Gasteiger charge is 2.19. The lowest BCUT2D eigenvalue weighted by molar-refractivity contribution is 0.230. The van der Waals surface area contributed by atoms with Crippen LogP contribution in [0.2, 0.25) is 0 Å². The first kappa shape index (κ1) is 15.1. The van der Waals surface area contributed by atoms with Crippen LogP contribution >= 0.6 is 11.3 Å². The highest BCUT2D eigenvalue weighted by atomic mass is 32.1. The van der Waals surface area contributed by atoms with Gasteiger partial charge < -0.3 is 15.7 Å². The molecule has 1 heterocycles. The van der Waals surface area contributed by atoms with Crippen molar-refractivity contribution in [2.24, 2.45) is 11.8 Å². The molecular weight excluding hydrogens is 272 g/mol. The second-order valence-electron chi connectivity index (χ2n) is 5.41. The maximum Gasteiger partial charge on any atom is 0.315 e. The Morgan fingerprint density at radius 1 is 1.55 bits per heavy atom. The van der Waals surface area contributed by atoms with Crippen molar-refractivity contribution in [3.8, 4) is 0 Å². The Labute approximate surface area is 123 Å². The lowest BCUT2D eigenvalue weighted by Crippen LogP contribution is -2.42. The molecule has 1 aliphatic rings. The number of aliphatic hydroxyl groups is 1. The number of hydrogen-bond acceptors (Lipinski definition) is 3. The third-order valence-corrected chi connectivity index (χ3v) is 4.36. The molecule has 110 valence electrons. The number of aliphatic hydroxyl groups excluding tert-OH is 1. The van der Waals surface area contributed by atoms with Gasteiger partial charge in [0.05, 0.1) is 0 Å². The standard InChI is InChI=1S/C15H22N2O2S/c1-11(7-14-3-2-6-20-14)9-16-15(19)17-13-5-4-12(8-13)10-18/h2-6,11-13,18H,7-10H2,1H3,(H2,16,17,19)/t11?,12-,13+/m0/s1. The molecule has 3 N–H and O–H groups in total. The number of thiophene rings is 1. The highest BCUT2D eigenvalue weighted by Crippen LogP contribution is 2.17. The van der Waals surface area contributed by atoms with Gasteiger partial charge in [-0.25, -0.2) is 4.79 Å². The molecule has 0 fully saturated rings. The Hall–Kier alpha value is -1.33. The molecule has 0 spiro atoms. The van der Waals surface area contributed by atoms with E-state index in [0.717, 1.165) is 12.8 Å². The minimum atomic E-state index is -0.128. The first-order valence-electron chi connectivity index (χ1n) is 7.03. The van der Waals surface area contributed by atoms with E-state index in [0.29, 0.717) is 12.5 Å². The summed E-state index contributed by atoms with van der Waals surface area (Å²) >= 11 is 1.75. The molecule has 5 heteroatoms. The molecule has 1 aliphatic carbocycles. The van der Waals surface area contributed by atoms with E-state index in [2.05, 4.69) is 35.1 Å². The molecule has 0 saturated heterocycles. The van der Waals surface area contributed by atoms with Crippen LogP contribution in [0.5, 0.6) is 0 Å². The number of urea groups is 1. The molecule has 2 rings (SSSR count). The SMILES string of the molecule is CC(CNC(=O)N[C@@H]1C=C[C@H](CO)C1)Cc1cccs1. The molecule has 0 saturated carbocycles. The van der Waals surface area contributed by atoms with Crippen molar-refractivity contribution >= 4 is 17.4 Å². The van der Waals surface area contributed by atoms with E-state index in [-0.39, 0.29) is 24.6 Å². The third-order valence-electron chi connectivity index (χ3n) is 3.46. The van der Waals surface area contributed by atoms with Gasteiger partial charge in [-0.05, 0) is 30.2 Å². The Balaban J connectivity index is 1.64. The summed E-state index contributed by atoms with van der Waals surface area (Å²) in [5, 5.41) is 16.9. The second-order valence-corrected chi connectivity index (χ2v) is 6.45. The first-order valence-corrected chi connectivity index (χ1v) is 7.91. The van der Waals surface area contributed by atoms with E-state index in [1.165, 1.54) is 4.88 Å². The van der Waals surface area contributed by atoms with Gasteiger partial charge >= 0.3 is 6.03 Å². The highest BCUT2D eigenvalue weighted by molar-refractivity contribution is 7.09. The first-order chi connectivity index (χ1) is 9.67. The molecule has 0 aliphatic heterocycles. The van der Waals surface area contributed by atoms with Gasteiger partial charge in [0.25, 0.3) is 0 Å². The topological polar surface area (TPSA) is 61.4 Å². The summed E-state index contributed by atoms with van der Waals surface area (Å²) in [6.45, 7) is 2.95. The average Bonchev–Trinajstić information content (AvgIpc) is 3.08. The summed E-state index contributed by atoms with van der Waals surface area (Å²) in [4.78, 5) is 13.1. The Kier molecular flexibility index (Phi) is 5.61. The van der Waals surface area contributed by atoms with E-state index in [1.807, 2.05) is 12.2 Å². The molecule has 1 aromatic rings. The van der Waals surface area contributed by atoms with Gasteiger partial charge in [0.2, 0.25) is 0 Å². The van der Waals surface area contributed by atoms with Crippen LogP contribution in [0.3, 0.4) is 0 Å². The van der Waals surface area contributed by atoms with Crippen LogP contribution in [0.1, 0.15) is 18.2 Å². The normalized spacial score (nSPS) is 22.7. The summed E-state index contributed by atoms with van der Waals surface area (Å²) in [6.07, 6.45) is 5.70. The Bertz CT molecular complexity index is 445. The fraction of sp³-hybridized carbons (Fsp3) is 0.533. The predicted octanol–water partition coefficient (Wildman–Crippen LogP) is 2.16. The minimum Gasteiger partial charge on any atom is -0.396 e. The van der Waals surface area contributed by atoms with Crippen LogP contribution < -0.4 is 10.6 Å². The van der Waals surface area contributed by atoms with E-state index in [4.69, 9.17) is 5.11 Å². The van der Waals surface area contributed by atoms with Crippen LogP contribution in [0, 0.1) is 11.8 Å². The quantitative estimate of drug-likeness (QED) is 0.704. The minimum absolute atomic E-state index is 0.0414. The van der Waals surface area contributed by atoms with E-state index in [1.54, 1.807) is 11.3 Å². The molecule has 2 amide bonds. The van der Waals surface area contributed by atoms with Gasteiger partial charge in [-0.2, -0.15) is 0 Å². The fourth-order valence-corrected chi connectivity index (χ4v) is 3.22. The molecule has 1 aromatic heterocycles. The summed E-state index contributed by atoms with van der Waals surface area (Å²) < 4.78 is 0. The zero-order chi connectivity index (χ0) is 14.4. The van der Waals surface area contributed by atoms with Gasteiger partial charge in [-0.1, -0.05) is 25.1 Å². The number of carbonyl (C=O) groups excluding carboxylic acids is 1. The molecule has 20 heavy (non-hydrogen) atoms. The molecule has 3 atom stereocenters. The van der Waals surface area contributed by atoms with Crippen molar-refractivity contribution in [1.29, 1.82) is 0 Å². The smallest absolute Gasteiger partial charge is 0.315 e. The summed E-state index contributed by atoms with van der Waals surface area (Å²) in [5.74, 6) is 0.599. The van der Waals surface area contributed by atoms with Crippen molar-refractivity contribution in [2.45, 2.75) is 25.8 Å². The summed E-state index contributed by atoms with van der Waals surface area (Å²) in [6, 6.07) is 4.09. The van der Waals surface area contributed by atoms with Crippen molar-refractivity contribution < 1.29 is 9.90 Å². The van der Waals surface area contributed by atoms with E-state index < -0.39 is 0 Å². The number of amides is 2. The molecule has 0 aromatic carbocycles. The van der Waals surface area contributed by atoms with Crippen LogP contribution in [0.4, 0.5) is 4.79 Å². The lowest BCUT2D eigenvalue weighted by Gasteiger charge is -2.16. The zero-order valence-corrected chi connectivity index (χ0v) is 12.5. The van der Waals surface area contributed by atoms with Crippen LogP contribution in [0.15, 0.2) is 29.7 Å². The van der Waals surface area contributed by atoms with Gasteiger partial charge in [0.15, 0.2) is 0 Å². The Morgan fingerprint density at radius 2 is 2.40 bits per heavy atom. The number of carbonyl (C=O) groups is 1. The van der Waals surface area contributed by atoms with Crippen molar-refractivity contribution in [1.82, 2.24) is 10.6 Å². The molecule has 0 radical (unpaired) electrons. The lowest BCUT2D eigenvalue weighted by atomic mass is 10.1. The monoisotopic (exact) mass is 294 g/mol. The van der Waals surface area contributed by atoms with Gasteiger partial charge in [0.1, 0.15) is 0 Å². The number of nitrogens with one attached hydrogen (secondary N) is 2. The maximum absolute atomic E-state index is 11.8. The largest absolute Gasteiger partial charge is 0.396 e. The van der Waals surface area contributed by atoms with Gasteiger partial charge in [-0.3, -0.25) is 0 Å². The Morgan fingerprint density at radius 3 is 3.05 bits per heavy atom. The molecule has 4 nitrogen and oxygen atoms in total. The van der Waals surface area contributed by atoms with Crippen LogP contribution in [-0.4, -0.2) is 30.3 Å². The summed E-state index contributed by atoms with van der Waals surface area (Å²) in [5.41, 5.74) is 0. The van der Waals surface area contributed by atoms with Crippen molar-refractivity contribution in [3.63, 3.8) is 0 Å². The number of rotatable bonds is 6. The second kappa shape index (κ2) is 7.45. The molecule has 1 unspecified atom stereocenters. The summed E-state index contributed by atoms with van der Waals surface area (Å²) in [7, 11) is 0. The van der Waals surface area contributed by atoms with Gasteiger partial charge in [0, 0.05) is 30.0 Å². The number of hydrogen-bond donors (Lipinski definition) is 3. The maximum atomic E-state index is 11.8. The van der Waals surface area contributed by atoms with E-state index >= 15 is 0 Å². The molecular formula is C15H22N2O2S. The zero-order valence-electron chi connectivity index (χ0n) is 11.7. The van der Waals surface area contributed by atoms with Gasteiger partial charge in [-0.15, -0.1) is 11.3 Å². The molecule has 0 bridgehead atoms. The third kappa shape index (κ3) is 4.65. The average molecular weight is 294 g/mol. The van der Waals surface area contributed by atoms with E-state index in [9.17, 15) is 4.79 Å². The van der Waals surface area contributed by atoms with Crippen LogP contribution in [0.25, 0.3) is 0 Å². The fourth-order valence-electron chi connectivity index (χ4n) is 2.35. The van der Waals surface area contributed by atoms with Crippen molar-refractivity contribution in [2.75, 3.05) is 13.2 Å². The van der Waals surface area contributed by atoms with Crippen molar-refractivity contribution in [3.05, 3.63) is 34.5 Å². The van der Waals surface area contributed by atoms with Crippen LogP contribution in [-0.2, 0) is 6.42 Å².